The molecule has 0 aromatic heterocycles. The molecule has 0 amide bonds. The number of benzene rings is 1. The molecule has 1 saturated heterocycles. The molecular formula is C24H36N2O. The van der Waals surface area contributed by atoms with Gasteiger partial charge in [-0.3, -0.25) is 0 Å². The van der Waals surface area contributed by atoms with Crippen LogP contribution in [-0.4, -0.2) is 35.7 Å². The van der Waals surface area contributed by atoms with Crippen LogP contribution in [0.2, 0.25) is 0 Å². The molecule has 2 bridgehead atoms. The molecular weight excluding hydrogens is 332 g/mol. The van der Waals surface area contributed by atoms with Crippen LogP contribution in [-0.2, 0) is 11.8 Å². The van der Waals surface area contributed by atoms with Gasteiger partial charge in [0.1, 0.15) is 5.75 Å². The summed E-state index contributed by atoms with van der Waals surface area (Å²) in [6, 6.07) is 5.67. The SMILES string of the molecule is CN1CC[C@@]23CCCC[C@]2(C)[C@@H]1Cc1cc(NC2CCCCC2)c(O)cc13. The topological polar surface area (TPSA) is 35.5 Å². The first-order valence-electron chi connectivity index (χ1n) is 11.4. The van der Waals surface area contributed by atoms with E-state index in [0.717, 1.165) is 12.1 Å². The third-order valence-corrected chi connectivity index (χ3v) is 8.92. The summed E-state index contributed by atoms with van der Waals surface area (Å²) in [5.74, 6) is 0.485. The molecule has 0 spiro atoms. The van der Waals surface area contributed by atoms with Crippen molar-refractivity contribution in [3.05, 3.63) is 23.3 Å². The summed E-state index contributed by atoms with van der Waals surface area (Å²) in [5, 5.41) is 14.6. The van der Waals surface area contributed by atoms with Gasteiger partial charge in [-0.15, -0.1) is 0 Å². The van der Waals surface area contributed by atoms with Crippen LogP contribution in [0.15, 0.2) is 12.1 Å². The van der Waals surface area contributed by atoms with Crippen LogP contribution in [0.5, 0.6) is 5.75 Å². The molecule has 5 rings (SSSR count). The van der Waals surface area contributed by atoms with E-state index in [9.17, 15) is 5.11 Å². The third-order valence-electron chi connectivity index (χ3n) is 8.92. The summed E-state index contributed by atoms with van der Waals surface area (Å²) < 4.78 is 0. The van der Waals surface area contributed by atoms with Gasteiger partial charge in [0, 0.05) is 17.5 Å². The highest BCUT2D eigenvalue weighted by Crippen LogP contribution is 2.63. The van der Waals surface area contributed by atoms with Gasteiger partial charge in [-0.1, -0.05) is 39.0 Å². The van der Waals surface area contributed by atoms with Crippen molar-refractivity contribution in [2.24, 2.45) is 5.41 Å². The van der Waals surface area contributed by atoms with Gasteiger partial charge in [-0.25, -0.2) is 0 Å². The standard InChI is InChI=1S/C24H36N2O/c1-23-10-6-7-11-24(23)12-13-26(2)22(23)15-17-14-20(21(27)16-19(17)24)25-18-8-4-3-5-9-18/h14,16,18,22,25,27H,3-13,15H2,1-2H3/t22-,23+,24+/m0/s1. The van der Waals surface area contributed by atoms with E-state index < -0.39 is 0 Å². The minimum Gasteiger partial charge on any atom is -0.506 e. The number of fused-ring (bicyclic) bond motifs is 1. The highest BCUT2D eigenvalue weighted by Gasteiger charge is 2.60. The minimum absolute atomic E-state index is 0.275. The van der Waals surface area contributed by atoms with Gasteiger partial charge in [0.15, 0.2) is 0 Å². The molecule has 4 aliphatic rings. The van der Waals surface area contributed by atoms with Crippen LogP contribution in [0.25, 0.3) is 0 Å². The molecule has 1 aromatic rings. The molecule has 0 unspecified atom stereocenters. The van der Waals surface area contributed by atoms with E-state index in [2.05, 4.69) is 36.3 Å². The fourth-order valence-corrected chi connectivity index (χ4v) is 7.35. The maximum atomic E-state index is 10.9. The zero-order valence-electron chi connectivity index (χ0n) is 17.2. The Morgan fingerprint density at radius 1 is 1.04 bits per heavy atom. The number of anilines is 1. The van der Waals surface area contributed by atoms with Gasteiger partial charge in [-0.05, 0) is 80.8 Å². The van der Waals surface area contributed by atoms with Crippen molar-refractivity contribution in [2.45, 2.75) is 95.1 Å². The van der Waals surface area contributed by atoms with Crippen molar-refractivity contribution in [3.63, 3.8) is 0 Å². The summed E-state index contributed by atoms with van der Waals surface area (Å²) in [6.07, 6.45) is 14.2. The van der Waals surface area contributed by atoms with E-state index in [1.165, 1.54) is 81.9 Å². The number of piperidine rings is 1. The maximum Gasteiger partial charge on any atom is 0.138 e. The quantitative estimate of drug-likeness (QED) is 0.703. The molecule has 1 heterocycles. The molecule has 1 aromatic carbocycles. The van der Waals surface area contributed by atoms with E-state index in [4.69, 9.17) is 0 Å². The van der Waals surface area contributed by atoms with Crippen molar-refractivity contribution >= 4 is 5.69 Å². The zero-order chi connectivity index (χ0) is 18.6. The lowest BCUT2D eigenvalue weighted by Crippen LogP contribution is -2.66. The van der Waals surface area contributed by atoms with Crippen LogP contribution < -0.4 is 5.32 Å². The largest absolute Gasteiger partial charge is 0.506 e. The molecule has 3 atom stereocenters. The first-order valence-corrected chi connectivity index (χ1v) is 11.4. The number of nitrogens with zero attached hydrogens (tertiary/aromatic N) is 1. The molecule has 3 heteroatoms. The molecule has 3 nitrogen and oxygen atoms in total. The smallest absolute Gasteiger partial charge is 0.138 e. The lowest BCUT2D eigenvalue weighted by Gasteiger charge is -2.65. The maximum absolute atomic E-state index is 10.9. The monoisotopic (exact) mass is 368 g/mol. The number of phenolic OH excluding ortho intramolecular Hbond substituents is 1. The van der Waals surface area contributed by atoms with E-state index in [-0.39, 0.29) is 5.41 Å². The predicted octanol–water partition coefficient (Wildman–Crippen LogP) is 5.22. The number of phenols is 1. The van der Waals surface area contributed by atoms with Crippen LogP contribution >= 0.6 is 0 Å². The second kappa shape index (κ2) is 6.40. The average Bonchev–Trinajstić information content (AvgIpc) is 2.67. The molecule has 1 aliphatic heterocycles. The van der Waals surface area contributed by atoms with Crippen LogP contribution in [0.1, 0.15) is 82.3 Å². The van der Waals surface area contributed by atoms with E-state index in [1.54, 1.807) is 0 Å². The minimum atomic E-state index is 0.275. The molecule has 27 heavy (non-hydrogen) atoms. The highest BCUT2D eigenvalue weighted by atomic mass is 16.3. The number of hydrogen-bond acceptors (Lipinski definition) is 3. The number of rotatable bonds is 2. The van der Waals surface area contributed by atoms with E-state index >= 15 is 0 Å². The number of aromatic hydroxyl groups is 1. The molecule has 3 fully saturated rings. The molecule has 148 valence electrons. The second-order valence-electron chi connectivity index (χ2n) is 10.2. The van der Waals surface area contributed by atoms with Crippen LogP contribution in [0.3, 0.4) is 0 Å². The number of hydrogen-bond donors (Lipinski definition) is 2. The van der Waals surface area contributed by atoms with Gasteiger partial charge in [0.25, 0.3) is 0 Å². The lowest BCUT2D eigenvalue weighted by molar-refractivity contribution is -0.0735. The lowest BCUT2D eigenvalue weighted by atomic mass is 9.45. The summed E-state index contributed by atoms with van der Waals surface area (Å²) in [7, 11) is 2.33. The predicted molar refractivity (Wildman–Crippen MR) is 112 cm³/mol. The second-order valence-corrected chi connectivity index (χ2v) is 10.2. The number of likely N-dealkylation sites (tertiary alicyclic amines) is 1. The number of likely N-dealkylation sites (N-methyl/N-ethyl adjacent to an activating group) is 1. The molecule has 3 aliphatic carbocycles. The normalized spacial score (nSPS) is 36.7. The Labute approximate surface area is 164 Å². The van der Waals surface area contributed by atoms with Crippen molar-refractivity contribution in [3.8, 4) is 5.75 Å². The Bertz CT molecular complexity index is 725. The summed E-state index contributed by atoms with van der Waals surface area (Å²) in [5.41, 5.74) is 4.60. The zero-order valence-corrected chi connectivity index (χ0v) is 17.2. The first kappa shape index (κ1) is 17.8. The summed E-state index contributed by atoms with van der Waals surface area (Å²) in [4.78, 5) is 2.63. The van der Waals surface area contributed by atoms with Gasteiger partial charge < -0.3 is 15.3 Å². The fraction of sp³-hybridized carbons (Fsp3) is 0.750. The van der Waals surface area contributed by atoms with Crippen molar-refractivity contribution in [2.75, 3.05) is 18.9 Å². The first-order chi connectivity index (χ1) is 13.0. The Balaban J connectivity index is 1.55. The Kier molecular flexibility index (Phi) is 4.23. The molecule has 2 saturated carbocycles. The van der Waals surface area contributed by atoms with E-state index in [1.807, 2.05) is 0 Å². The van der Waals surface area contributed by atoms with Gasteiger partial charge >= 0.3 is 0 Å². The fourth-order valence-electron chi connectivity index (χ4n) is 7.35. The van der Waals surface area contributed by atoms with Crippen LogP contribution in [0, 0.1) is 5.41 Å². The Morgan fingerprint density at radius 3 is 2.63 bits per heavy atom. The van der Waals surface area contributed by atoms with Crippen LogP contribution in [0.4, 0.5) is 5.69 Å². The Morgan fingerprint density at radius 2 is 1.81 bits per heavy atom. The number of nitrogens with one attached hydrogen (secondary N) is 1. The Hall–Kier alpha value is -1.22. The molecule has 0 radical (unpaired) electrons. The van der Waals surface area contributed by atoms with Gasteiger partial charge in [-0.2, -0.15) is 0 Å². The highest BCUT2D eigenvalue weighted by molar-refractivity contribution is 5.63. The van der Waals surface area contributed by atoms with Gasteiger partial charge in [0.05, 0.1) is 5.69 Å². The van der Waals surface area contributed by atoms with Crippen molar-refractivity contribution in [1.29, 1.82) is 0 Å². The van der Waals surface area contributed by atoms with Gasteiger partial charge in [0.2, 0.25) is 0 Å². The van der Waals surface area contributed by atoms with Crippen molar-refractivity contribution in [1.82, 2.24) is 4.90 Å². The van der Waals surface area contributed by atoms with E-state index in [0.29, 0.717) is 23.2 Å². The third kappa shape index (κ3) is 2.57. The van der Waals surface area contributed by atoms with Crippen molar-refractivity contribution < 1.29 is 5.11 Å². The summed E-state index contributed by atoms with van der Waals surface area (Å²) >= 11 is 0. The molecule has 2 N–H and O–H groups in total. The average molecular weight is 369 g/mol. The summed E-state index contributed by atoms with van der Waals surface area (Å²) in [6.45, 7) is 3.75.